The zero-order valence-corrected chi connectivity index (χ0v) is 9.13. The first-order valence-electron chi connectivity index (χ1n) is 6.62. The Morgan fingerprint density at radius 3 is 2.71 bits per heavy atom. The number of piperidine rings is 2. The van der Waals surface area contributed by atoms with Crippen LogP contribution in [-0.4, -0.2) is 22.2 Å². The molecule has 1 amide bonds. The maximum absolute atomic E-state index is 12.2. The van der Waals surface area contributed by atoms with Crippen LogP contribution in [0.5, 0.6) is 0 Å². The number of nitriles is 1. The molecule has 86 valence electrons. The normalized spacial score (nSPS) is 78.5. The number of carbonyl (C=O) groups excluding carboxylic acids is 1. The third kappa shape index (κ3) is 0.421. The molecule has 7 rings (SSSR count). The highest BCUT2D eigenvalue weighted by atomic mass is 16.3. The van der Waals surface area contributed by atoms with Crippen molar-refractivity contribution in [1.82, 2.24) is 5.32 Å². The molecule has 4 heteroatoms. The van der Waals surface area contributed by atoms with Gasteiger partial charge in [0.05, 0.1) is 6.07 Å². The van der Waals surface area contributed by atoms with E-state index >= 15 is 0 Å². The van der Waals surface area contributed by atoms with E-state index in [1.807, 2.05) is 0 Å². The molecule has 5 saturated carbocycles. The van der Waals surface area contributed by atoms with Gasteiger partial charge in [0.25, 0.3) is 5.91 Å². The van der Waals surface area contributed by atoms with E-state index in [1.165, 1.54) is 6.42 Å². The Kier molecular flexibility index (Phi) is 0.822. The van der Waals surface area contributed by atoms with Gasteiger partial charge in [-0.3, -0.25) is 4.79 Å². The van der Waals surface area contributed by atoms with E-state index in [0.29, 0.717) is 23.7 Å². The number of nitrogens with zero attached hydrogens (tertiary/aromatic N) is 1. The standard InChI is InChI=1S/C13H12N2O2/c14-2-12-7-3-1-4-6-5(3)9(12)10(6)13(17,8(4)7)11(16)15-12/h3-10,17H,1H2,(H,15,16)/t3-,4+,5-,6+,7-,8+,9-,10?,12?,13?/m0/s1. The first kappa shape index (κ1) is 8.10. The van der Waals surface area contributed by atoms with Crippen LogP contribution < -0.4 is 5.32 Å². The van der Waals surface area contributed by atoms with Crippen molar-refractivity contribution in [3.05, 3.63) is 0 Å². The van der Waals surface area contributed by atoms with E-state index in [1.54, 1.807) is 0 Å². The lowest BCUT2D eigenvalue weighted by Crippen LogP contribution is -2.79. The van der Waals surface area contributed by atoms with Crippen molar-refractivity contribution < 1.29 is 9.90 Å². The van der Waals surface area contributed by atoms with Gasteiger partial charge < -0.3 is 10.4 Å². The number of amides is 1. The van der Waals surface area contributed by atoms with Gasteiger partial charge in [0.2, 0.25) is 0 Å². The fourth-order valence-electron chi connectivity index (χ4n) is 7.60. The van der Waals surface area contributed by atoms with Crippen molar-refractivity contribution in [2.75, 3.05) is 0 Å². The maximum atomic E-state index is 12.2. The zero-order valence-electron chi connectivity index (χ0n) is 9.13. The van der Waals surface area contributed by atoms with Crippen molar-refractivity contribution in [2.24, 2.45) is 47.3 Å². The van der Waals surface area contributed by atoms with Crippen LogP contribution in [0.15, 0.2) is 0 Å². The van der Waals surface area contributed by atoms with Gasteiger partial charge in [-0.1, -0.05) is 0 Å². The van der Waals surface area contributed by atoms with E-state index < -0.39 is 11.1 Å². The third-order valence-corrected chi connectivity index (χ3v) is 7.44. The summed E-state index contributed by atoms with van der Waals surface area (Å²) in [6.45, 7) is 0. The predicted octanol–water partition coefficient (Wildman–Crippen LogP) is -0.503. The molecule has 10 atom stereocenters. The van der Waals surface area contributed by atoms with Crippen LogP contribution in [0.25, 0.3) is 0 Å². The molecular formula is C13H12N2O2. The maximum Gasteiger partial charge on any atom is 0.253 e. The van der Waals surface area contributed by atoms with E-state index in [9.17, 15) is 15.2 Å². The number of carbonyl (C=O) groups is 1. The summed E-state index contributed by atoms with van der Waals surface area (Å²) >= 11 is 0. The first-order chi connectivity index (χ1) is 8.16. The van der Waals surface area contributed by atoms with Crippen LogP contribution in [-0.2, 0) is 4.79 Å². The molecule has 17 heavy (non-hydrogen) atoms. The summed E-state index contributed by atoms with van der Waals surface area (Å²) < 4.78 is 0. The van der Waals surface area contributed by atoms with Crippen LogP contribution in [0.4, 0.5) is 0 Å². The summed E-state index contributed by atoms with van der Waals surface area (Å²) in [6.07, 6.45) is 1.17. The number of hydrogen-bond donors (Lipinski definition) is 2. The van der Waals surface area contributed by atoms with Crippen molar-refractivity contribution in [3.63, 3.8) is 0 Å². The lowest BCUT2D eigenvalue weighted by molar-refractivity contribution is -0.200. The first-order valence-corrected chi connectivity index (χ1v) is 6.62. The molecule has 7 aliphatic rings. The smallest absolute Gasteiger partial charge is 0.253 e. The molecule has 0 radical (unpaired) electrons. The van der Waals surface area contributed by atoms with Crippen molar-refractivity contribution in [3.8, 4) is 6.07 Å². The highest BCUT2D eigenvalue weighted by Crippen LogP contribution is 2.88. The van der Waals surface area contributed by atoms with Crippen LogP contribution in [0.2, 0.25) is 0 Å². The summed E-state index contributed by atoms with van der Waals surface area (Å²) in [5, 5.41) is 23.4. The van der Waals surface area contributed by atoms with Gasteiger partial charge in [0.15, 0.2) is 0 Å². The molecule has 0 aromatic carbocycles. The summed E-state index contributed by atoms with van der Waals surface area (Å²) in [4.78, 5) is 12.2. The van der Waals surface area contributed by atoms with Gasteiger partial charge in [-0.05, 0) is 30.1 Å². The van der Waals surface area contributed by atoms with E-state index in [4.69, 9.17) is 0 Å². The molecule has 2 heterocycles. The second kappa shape index (κ2) is 1.73. The Hall–Kier alpha value is -1.08. The highest BCUT2D eigenvalue weighted by Gasteiger charge is 2.95. The minimum Gasteiger partial charge on any atom is -0.379 e. The quantitative estimate of drug-likeness (QED) is 0.587. The van der Waals surface area contributed by atoms with Crippen molar-refractivity contribution in [1.29, 1.82) is 5.26 Å². The van der Waals surface area contributed by atoms with E-state index in [2.05, 4.69) is 11.4 Å². The van der Waals surface area contributed by atoms with Gasteiger partial charge >= 0.3 is 0 Å². The number of rotatable bonds is 0. The van der Waals surface area contributed by atoms with Gasteiger partial charge in [0, 0.05) is 23.7 Å². The van der Waals surface area contributed by atoms with Crippen LogP contribution in [0, 0.1) is 58.7 Å². The summed E-state index contributed by atoms with van der Waals surface area (Å²) in [5.74, 6) is 2.86. The fourth-order valence-corrected chi connectivity index (χ4v) is 7.60. The molecule has 0 aromatic heterocycles. The molecule has 0 aromatic rings. The van der Waals surface area contributed by atoms with Crippen molar-refractivity contribution in [2.45, 2.75) is 17.6 Å². The van der Waals surface area contributed by atoms with E-state index in [0.717, 1.165) is 0 Å². The number of nitrogens with one attached hydrogen (secondary N) is 1. The van der Waals surface area contributed by atoms with Gasteiger partial charge in [-0.15, -0.1) is 0 Å². The van der Waals surface area contributed by atoms with Gasteiger partial charge in [-0.2, -0.15) is 5.26 Å². The highest BCUT2D eigenvalue weighted by molar-refractivity contribution is 5.92. The number of aliphatic hydroxyl groups is 1. The number of hydrogen-bond acceptors (Lipinski definition) is 3. The van der Waals surface area contributed by atoms with E-state index in [-0.39, 0.29) is 29.6 Å². The molecule has 2 N–H and O–H groups in total. The lowest BCUT2D eigenvalue weighted by atomic mass is 9.48. The van der Waals surface area contributed by atoms with Crippen LogP contribution in [0.3, 0.4) is 0 Å². The summed E-state index contributed by atoms with van der Waals surface area (Å²) in [5.41, 5.74) is -1.71. The SMILES string of the molecule is N#CC12NC(=O)C3(O)C4[C@@H]5[C@H]6C[C@@H]([C@@H]5[C@@H]41)[C@H]2[C@@H]63. The van der Waals surface area contributed by atoms with Gasteiger partial charge in [0.1, 0.15) is 11.1 Å². The Bertz CT molecular complexity index is 568. The molecule has 4 bridgehead atoms. The Balaban J connectivity index is 1.77. The Morgan fingerprint density at radius 2 is 1.94 bits per heavy atom. The van der Waals surface area contributed by atoms with Crippen LogP contribution >= 0.6 is 0 Å². The third-order valence-electron chi connectivity index (χ3n) is 7.44. The molecular weight excluding hydrogens is 216 g/mol. The minimum absolute atomic E-state index is 0.103. The fraction of sp³-hybridized carbons (Fsp3) is 0.846. The molecule has 2 aliphatic heterocycles. The molecule has 0 spiro atoms. The Labute approximate surface area is 98.0 Å². The molecule has 4 nitrogen and oxygen atoms in total. The predicted molar refractivity (Wildman–Crippen MR) is 54.0 cm³/mol. The second-order valence-corrected chi connectivity index (χ2v) is 7.08. The average Bonchev–Trinajstić information content (AvgIpc) is 2.79. The average molecular weight is 228 g/mol. The molecule has 3 unspecified atom stereocenters. The molecule has 7 fully saturated rings. The topological polar surface area (TPSA) is 73.1 Å². The minimum atomic E-state index is -1.11. The zero-order chi connectivity index (χ0) is 11.3. The summed E-state index contributed by atoms with van der Waals surface area (Å²) in [6, 6.07) is 2.45. The lowest BCUT2D eigenvalue weighted by Gasteiger charge is -2.61. The monoisotopic (exact) mass is 228 g/mol. The number of fused-ring (bicyclic) bond motifs is 1. The second-order valence-electron chi connectivity index (χ2n) is 7.08. The van der Waals surface area contributed by atoms with Crippen molar-refractivity contribution >= 4 is 5.91 Å². The Morgan fingerprint density at radius 1 is 1.24 bits per heavy atom. The largest absolute Gasteiger partial charge is 0.379 e. The molecule has 5 aliphatic carbocycles. The van der Waals surface area contributed by atoms with Crippen LogP contribution in [0.1, 0.15) is 6.42 Å². The summed E-state index contributed by atoms with van der Waals surface area (Å²) in [7, 11) is 0. The molecule has 2 saturated heterocycles. The van der Waals surface area contributed by atoms with Gasteiger partial charge in [-0.25, -0.2) is 0 Å².